The average Bonchev–Trinajstić information content (AvgIpc) is 3.36. The van der Waals surface area contributed by atoms with Crippen molar-refractivity contribution in [1.82, 2.24) is 10.2 Å². The van der Waals surface area contributed by atoms with E-state index in [-0.39, 0.29) is 12.1 Å². The first-order valence-electron chi connectivity index (χ1n) is 16.4. The molecule has 4 nitrogen and oxygen atoms in total. The zero-order valence-corrected chi connectivity index (χ0v) is 26.2. The van der Waals surface area contributed by atoms with Crippen LogP contribution in [0.1, 0.15) is 80.7 Å². The third-order valence-electron chi connectivity index (χ3n) is 9.91. The van der Waals surface area contributed by atoms with E-state index in [1.807, 2.05) is 53.4 Å². The summed E-state index contributed by atoms with van der Waals surface area (Å²) >= 11 is 0. The molecule has 1 N–H and O–H groups in total. The SMILES string of the molecule is CC(C)(F)CN1CCc2cc(OCc3ccccc3)ccc2C1c1c(F)cc(N2CCCC3(CCCNCC3)CC2)cc1F. The summed E-state index contributed by atoms with van der Waals surface area (Å²) in [5, 5.41) is 3.53. The molecule has 0 aliphatic carbocycles. The Hall–Kier alpha value is -3.03. The van der Waals surface area contributed by atoms with Crippen LogP contribution in [0, 0.1) is 17.0 Å². The molecule has 3 aliphatic rings. The fraction of sp³-hybridized carbons (Fsp3) is 0.514. The number of anilines is 1. The normalized spacial score (nSPS) is 23.2. The largest absolute Gasteiger partial charge is 0.489 e. The van der Waals surface area contributed by atoms with E-state index in [0.29, 0.717) is 36.4 Å². The standard InChI is InChI=1S/C37H46F3N3O/c1-36(2,40)26-43-20-12-28-22-30(44-25-27-8-4-3-5-9-27)10-11-31(28)35(43)34-32(38)23-29(24-33(34)39)42-19-7-14-37(16-21-42)13-6-17-41-18-15-37/h3-5,8-11,22-24,35,41H,6-7,12-21,25-26H2,1-2H3. The van der Waals surface area contributed by atoms with Gasteiger partial charge in [-0.15, -0.1) is 0 Å². The third kappa shape index (κ3) is 7.10. The molecule has 3 heterocycles. The number of ether oxygens (including phenoxy) is 1. The molecule has 0 bridgehead atoms. The van der Waals surface area contributed by atoms with Crippen LogP contribution >= 0.6 is 0 Å². The molecule has 44 heavy (non-hydrogen) atoms. The minimum atomic E-state index is -1.52. The van der Waals surface area contributed by atoms with E-state index in [0.717, 1.165) is 62.1 Å². The van der Waals surface area contributed by atoms with Crippen molar-refractivity contribution < 1.29 is 17.9 Å². The minimum Gasteiger partial charge on any atom is -0.489 e. The summed E-state index contributed by atoms with van der Waals surface area (Å²) in [5.41, 5.74) is 2.25. The van der Waals surface area contributed by atoms with E-state index in [2.05, 4.69) is 10.2 Å². The molecule has 2 fully saturated rings. The van der Waals surface area contributed by atoms with Crippen LogP contribution in [0.4, 0.5) is 18.9 Å². The highest BCUT2D eigenvalue weighted by Crippen LogP contribution is 2.43. The van der Waals surface area contributed by atoms with Crippen LogP contribution in [-0.4, -0.2) is 49.8 Å². The molecule has 0 saturated carbocycles. The van der Waals surface area contributed by atoms with Gasteiger partial charge in [0, 0.05) is 37.4 Å². The number of halogens is 3. The van der Waals surface area contributed by atoms with Gasteiger partial charge in [0.05, 0.1) is 6.04 Å². The van der Waals surface area contributed by atoms with Crippen molar-refractivity contribution in [3.05, 3.63) is 94.6 Å². The molecule has 2 unspecified atom stereocenters. The van der Waals surface area contributed by atoms with Crippen LogP contribution in [0.2, 0.25) is 0 Å². The summed E-state index contributed by atoms with van der Waals surface area (Å²) in [6, 6.07) is 18.0. The highest BCUT2D eigenvalue weighted by Gasteiger charge is 2.37. The van der Waals surface area contributed by atoms with Crippen molar-refractivity contribution in [2.75, 3.05) is 44.2 Å². The van der Waals surface area contributed by atoms with Crippen LogP contribution < -0.4 is 15.0 Å². The van der Waals surface area contributed by atoms with Crippen LogP contribution in [0.15, 0.2) is 60.7 Å². The summed E-state index contributed by atoms with van der Waals surface area (Å²) < 4.78 is 53.5. The van der Waals surface area contributed by atoms with Gasteiger partial charge >= 0.3 is 0 Å². The maximum atomic E-state index is 16.2. The lowest BCUT2D eigenvalue weighted by atomic mass is 9.75. The van der Waals surface area contributed by atoms with E-state index in [1.54, 1.807) is 0 Å². The molecule has 6 rings (SSSR count). The summed E-state index contributed by atoms with van der Waals surface area (Å²) in [6.07, 6.45) is 7.46. The van der Waals surface area contributed by atoms with E-state index in [1.165, 1.54) is 45.2 Å². The lowest BCUT2D eigenvalue weighted by Gasteiger charge is -2.40. The first-order valence-corrected chi connectivity index (χ1v) is 16.4. The molecule has 7 heteroatoms. The van der Waals surface area contributed by atoms with Crippen molar-refractivity contribution in [2.45, 2.75) is 77.1 Å². The van der Waals surface area contributed by atoms with E-state index in [9.17, 15) is 0 Å². The summed E-state index contributed by atoms with van der Waals surface area (Å²) in [5.74, 6) is -0.423. The molecule has 1 spiro atoms. The number of hydrogen-bond acceptors (Lipinski definition) is 4. The molecule has 3 aromatic carbocycles. The van der Waals surface area contributed by atoms with Gasteiger partial charge in [0.15, 0.2) is 0 Å². The quantitative estimate of drug-likeness (QED) is 0.296. The molecule has 2 atom stereocenters. The molecule has 236 valence electrons. The van der Waals surface area contributed by atoms with Crippen molar-refractivity contribution in [3.8, 4) is 5.75 Å². The van der Waals surface area contributed by atoms with Crippen LogP contribution in [-0.2, 0) is 13.0 Å². The van der Waals surface area contributed by atoms with Crippen LogP contribution in [0.3, 0.4) is 0 Å². The lowest BCUT2D eigenvalue weighted by Crippen LogP contribution is -2.43. The average molecular weight is 606 g/mol. The number of rotatable bonds is 7. The van der Waals surface area contributed by atoms with Gasteiger partial charge in [-0.2, -0.15) is 0 Å². The van der Waals surface area contributed by atoms with E-state index < -0.39 is 23.3 Å². The van der Waals surface area contributed by atoms with Gasteiger partial charge in [0.2, 0.25) is 0 Å². The molecule has 0 aromatic heterocycles. The Morgan fingerprint density at radius 2 is 1.66 bits per heavy atom. The highest BCUT2D eigenvalue weighted by atomic mass is 19.1. The second-order valence-corrected chi connectivity index (χ2v) is 13.7. The predicted octanol–water partition coefficient (Wildman–Crippen LogP) is 7.99. The number of fused-ring (bicyclic) bond motifs is 1. The number of nitrogens with one attached hydrogen (secondary N) is 1. The molecule has 0 amide bonds. The van der Waals surface area contributed by atoms with Crippen molar-refractivity contribution in [1.29, 1.82) is 0 Å². The molecule has 3 aliphatic heterocycles. The van der Waals surface area contributed by atoms with Gasteiger partial charge in [-0.3, -0.25) is 4.90 Å². The topological polar surface area (TPSA) is 27.7 Å². The Kier molecular flexibility index (Phi) is 9.25. The second kappa shape index (κ2) is 13.1. The number of alkyl halides is 1. The molecule has 3 aromatic rings. The second-order valence-electron chi connectivity index (χ2n) is 13.7. The van der Waals surface area contributed by atoms with Gasteiger partial charge in [-0.25, -0.2) is 13.2 Å². The van der Waals surface area contributed by atoms with Crippen molar-refractivity contribution in [2.24, 2.45) is 5.41 Å². The van der Waals surface area contributed by atoms with Crippen molar-refractivity contribution in [3.63, 3.8) is 0 Å². The number of hydrogen-bond donors (Lipinski definition) is 1. The van der Waals surface area contributed by atoms with Gasteiger partial charge in [0.1, 0.15) is 29.7 Å². The van der Waals surface area contributed by atoms with Crippen molar-refractivity contribution >= 4 is 5.69 Å². The fourth-order valence-corrected chi connectivity index (χ4v) is 7.70. The molecule has 2 saturated heterocycles. The summed E-state index contributed by atoms with van der Waals surface area (Å²) in [6.45, 7) is 7.78. The van der Waals surface area contributed by atoms with Crippen LogP contribution in [0.25, 0.3) is 0 Å². The Bertz CT molecular complexity index is 1390. The predicted molar refractivity (Wildman–Crippen MR) is 171 cm³/mol. The Balaban J connectivity index is 1.27. The maximum absolute atomic E-state index is 16.2. The van der Waals surface area contributed by atoms with Gasteiger partial charge in [-0.05, 0) is 118 Å². The zero-order chi connectivity index (χ0) is 30.7. The van der Waals surface area contributed by atoms with Crippen LogP contribution in [0.5, 0.6) is 5.75 Å². The first kappa shape index (κ1) is 31.0. The molecular weight excluding hydrogens is 559 g/mol. The Labute approximate surface area is 260 Å². The zero-order valence-electron chi connectivity index (χ0n) is 26.2. The monoisotopic (exact) mass is 605 g/mol. The van der Waals surface area contributed by atoms with E-state index in [4.69, 9.17) is 4.74 Å². The lowest BCUT2D eigenvalue weighted by molar-refractivity contribution is 0.0972. The third-order valence-corrected chi connectivity index (χ3v) is 9.91. The maximum Gasteiger partial charge on any atom is 0.133 e. The Morgan fingerprint density at radius 3 is 2.43 bits per heavy atom. The van der Waals surface area contributed by atoms with Gasteiger partial charge in [-0.1, -0.05) is 36.4 Å². The van der Waals surface area contributed by atoms with Gasteiger partial charge in [0.25, 0.3) is 0 Å². The van der Waals surface area contributed by atoms with E-state index >= 15 is 13.2 Å². The number of nitrogens with zero attached hydrogens (tertiary/aromatic N) is 2. The van der Waals surface area contributed by atoms with Gasteiger partial charge < -0.3 is 15.0 Å². The fourth-order valence-electron chi connectivity index (χ4n) is 7.70. The number of benzene rings is 3. The first-order chi connectivity index (χ1) is 21.2. The Morgan fingerprint density at radius 1 is 0.886 bits per heavy atom. The smallest absolute Gasteiger partial charge is 0.133 e. The minimum absolute atomic E-state index is 0.00182. The summed E-state index contributed by atoms with van der Waals surface area (Å²) in [4.78, 5) is 4.06. The molecule has 0 radical (unpaired) electrons. The summed E-state index contributed by atoms with van der Waals surface area (Å²) in [7, 11) is 0. The highest BCUT2D eigenvalue weighted by molar-refractivity contribution is 5.52. The molecular formula is C37H46F3N3O.